The molecule has 1 unspecified atom stereocenters. The zero-order valence-electron chi connectivity index (χ0n) is 13.9. The van der Waals surface area contributed by atoms with Crippen LogP contribution in [0.25, 0.3) is 0 Å². The molecular weight excluding hydrogens is 292 g/mol. The van der Waals surface area contributed by atoms with Crippen molar-refractivity contribution in [2.45, 2.75) is 45.6 Å². The number of nitrogens with one attached hydrogen (secondary N) is 1. The molecule has 5 heteroatoms. The molecule has 1 heterocycles. The van der Waals surface area contributed by atoms with Gasteiger partial charge in [-0.2, -0.15) is 0 Å². The molecule has 0 bridgehead atoms. The molecule has 2 atom stereocenters. The molecule has 5 nitrogen and oxygen atoms in total. The van der Waals surface area contributed by atoms with Crippen LogP contribution in [0.5, 0.6) is 5.75 Å². The summed E-state index contributed by atoms with van der Waals surface area (Å²) in [6.07, 6.45) is 3.74. The summed E-state index contributed by atoms with van der Waals surface area (Å²) in [6, 6.07) is 6.20. The van der Waals surface area contributed by atoms with Crippen LogP contribution in [0.1, 0.15) is 38.7 Å². The molecule has 1 aromatic rings. The van der Waals surface area contributed by atoms with E-state index in [4.69, 9.17) is 0 Å². The van der Waals surface area contributed by atoms with Gasteiger partial charge in [0.2, 0.25) is 11.8 Å². The van der Waals surface area contributed by atoms with Crippen molar-refractivity contribution in [3.63, 3.8) is 0 Å². The summed E-state index contributed by atoms with van der Waals surface area (Å²) < 4.78 is 0. The maximum atomic E-state index is 12.9. The molecule has 0 aliphatic carbocycles. The average Bonchev–Trinajstić information content (AvgIpc) is 2.72. The maximum Gasteiger partial charge on any atom is 0.245 e. The van der Waals surface area contributed by atoms with Gasteiger partial charge in [0.1, 0.15) is 11.8 Å². The first-order valence-corrected chi connectivity index (χ1v) is 8.29. The van der Waals surface area contributed by atoms with E-state index >= 15 is 0 Å². The van der Waals surface area contributed by atoms with Crippen molar-refractivity contribution in [1.82, 2.24) is 10.2 Å². The standard InChI is InChI=1S/C18H26N2O3/c1-13-5-3-4-10-20(12-13)18(23)17(19-14(2)21)11-15-6-8-16(22)9-7-15/h6-9,13,17,22H,3-5,10-12H2,1-2H3,(H,19,21)/t13?,17-/m0/s1. The van der Waals surface area contributed by atoms with Crippen molar-refractivity contribution in [3.8, 4) is 5.75 Å². The average molecular weight is 318 g/mol. The predicted octanol–water partition coefficient (Wildman–Crippen LogP) is 2.09. The van der Waals surface area contributed by atoms with E-state index in [1.54, 1.807) is 24.3 Å². The highest BCUT2D eigenvalue weighted by molar-refractivity contribution is 5.87. The first-order chi connectivity index (χ1) is 11.0. The second kappa shape index (κ2) is 7.99. The molecule has 1 aliphatic rings. The first kappa shape index (κ1) is 17.3. The number of nitrogens with zero attached hydrogens (tertiary/aromatic N) is 1. The SMILES string of the molecule is CC(=O)N[C@@H](Cc1ccc(O)cc1)C(=O)N1CCCCC(C)C1. The highest BCUT2D eigenvalue weighted by atomic mass is 16.3. The van der Waals surface area contributed by atoms with Gasteiger partial charge in [0, 0.05) is 26.4 Å². The lowest BCUT2D eigenvalue weighted by atomic mass is 10.0. The fraction of sp³-hybridized carbons (Fsp3) is 0.556. The molecule has 2 rings (SSSR count). The van der Waals surface area contributed by atoms with E-state index < -0.39 is 6.04 Å². The number of benzene rings is 1. The third kappa shape index (κ3) is 5.27. The van der Waals surface area contributed by atoms with Crippen LogP contribution in [0.2, 0.25) is 0 Å². The summed E-state index contributed by atoms with van der Waals surface area (Å²) in [7, 11) is 0. The number of aromatic hydroxyl groups is 1. The zero-order chi connectivity index (χ0) is 16.8. The van der Waals surface area contributed by atoms with Gasteiger partial charge in [0.25, 0.3) is 0 Å². The van der Waals surface area contributed by atoms with Crippen LogP contribution in [0.15, 0.2) is 24.3 Å². The summed E-state index contributed by atoms with van der Waals surface area (Å²) >= 11 is 0. The van der Waals surface area contributed by atoms with Gasteiger partial charge < -0.3 is 15.3 Å². The van der Waals surface area contributed by atoms with Crippen LogP contribution in [0.4, 0.5) is 0 Å². The molecule has 1 aromatic carbocycles. The summed E-state index contributed by atoms with van der Waals surface area (Å²) in [5.41, 5.74) is 0.915. The van der Waals surface area contributed by atoms with Gasteiger partial charge in [-0.25, -0.2) is 0 Å². The number of amides is 2. The number of hydrogen-bond acceptors (Lipinski definition) is 3. The van der Waals surface area contributed by atoms with E-state index in [1.165, 1.54) is 6.92 Å². The van der Waals surface area contributed by atoms with Crippen molar-refractivity contribution in [2.75, 3.05) is 13.1 Å². The van der Waals surface area contributed by atoms with Crippen molar-refractivity contribution < 1.29 is 14.7 Å². The molecule has 126 valence electrons. The van der Waals surface area contributed by atoms with Crippen molar-refractivity contribution in [2.24, 2.45) is 5.92 Å². The number of phenols is 1. The van der Waals surface area contributed by atoms with Gasteiger partial charge in [-0.05, 0) is 36.5 Å². The van der Waals surface area contributed by atoms with E-state index in [2.05, 4.69) is 12.2 Å². The van der Waals surface area contributed by atoms with E-state index in [9.17, 15) is 14.7 Å². The lowest BCUT2D eigenvalue weighted by Crippen LogP contribution is -2.50. The zero-order valence-corrected chi connectivity index (χ0v) is 13.9. The second-order valence-electron chi connectivity index (χ2n) is 6.51. The summed E-state index contributed by atoms with van der Waals surface area (Å²) in [5.74, 6) is 0.470. The Hall–Kier alpha value is -2.04. The lowest BCUT2D eigenvalue weighted by molar-refractivity contribution is -0.136. The van der Waals surface area contributed by atoms with Gasteiger partial charge in [-0.3, -0.25) is 9.59 Å². The molecule has 1 saturated heterocycles. The minimum Gasteiger partial charge on any atom is -0.508 e. The minimum atomic E-state index is -0.553. The van der Waals surface area contributed by atoms with E-state index in [0.717, 1.165) is 37.9 Å². The quantitative estimate of drug-likeness (QED) is 0.893. The first-order valence-electron chi connectivity index (χ1n) is 8.29. The fourth-order valence-corrected chi connectivity index (χ4v) is 3.09. The monoisotopic (exact) mass is 318 g/mol. The molecule has 23 heavy (non-hydrogen) atoms. The fourth-order valence-electron chi connectivity index (χ4n) is 3.09. The second-order valence-corrected chi connectivity index (χ2v) is 6.51. The van der Waals surface area contributed by atoms with Gasteiger partial charge in [-0.1, -0.05) is 25.5 Å². The van der Waals surface area contributed by atoms with Crippen LogP contribution in [-0.4, -0.2) is 41.0 Å². The van der Waals surface area contributed by atoms with Crippen molar-refractivity contribution in [3.05, 3.63) is 29.8 Å². The Morgan fingerprint density at radius 1 is 1.30 bits per heavy atom. The molecule has 1 fully saturated rings. The van der Waals surface area contributed by atoms with Gasteiger partial charge in [-0.15, -0.1) is 0 Å². The van der Waals surface area contributed by atoms with Gasteiger partial charge in [0.05, 0.1) is 0 Å². The number of phenolic OH excluding ortho intramolecular Hbond substituents is 1. The molecule has 2 amide bonds. The highest BCUT2D eigenvalue weighted by Crippen LogP contribution is 2.18. The van der Waals surface area contributed by atoms with Crippen LogP contribution < -0.4 is 5.32 Å². The summed E-state index contributed by atoms with van der Waals surface area (Å²) in [6.45, 7) is 5.11. The number of hydrogen-bond donors (Lipinski definition) is 2. The van der Waals surface area contributed by atoms with Crippen LogP contribution >= 0.6 is 0 Å². The Labute approximate surface area is 137 Å². The Morgan fingerprint density at radius 2 is 2.00 bits per heavy atom. The van der Waals surface area contributed by atoms with E-state index in [0.29, 0.717) is 12.3 Å². The van der Waals surface area contributed by atoms with Gasteiger partial charge in [0.15, 0.2) is 0 Å². The molecule has 0 saturated carbocycles. The number of rotatable bonds is 4. The van der Waals surface area contributed by atoms with Crippen LogP contribution in [-0.2, 0) is 16.0 Å². The molecule has 1 aliphatic heterocycles. The van der Waals surface area contributed by atoms with Crippen molar-refractivity contribution in [1.29, 1.82) is 0 Å². The number of carbonyl (C=O) groups excluding carboxylic acids is 2. The van der Waals surface area contributed by atoms with Crippen LogP contribution in [0.3, 0.4) is 0 Å². The normalized spacial score (nSPS) is 19.7. The Kier molecular flexibility index (Phi) is 6.02. The highest BCUT2D eigenvalue weighted by Gasteiger charge is 2.27. The Balaban J connectivity index is 2.11. The number of likely N-dealkylation sites (tertiary alicyclic amines) is 1. The number of carbonyl (C=O) groups is 2. The third-order valence-corrected chi connectivity index (χ3v) is 4.27. The predicted molar refractivity (Wildman–Crippen MR) is 89.0 cm³/mol. The van der Waals surface area contributed by atoms with E-state index in [-0.39, 0.29) is 17.6 Å². The smallest absolute Gasteiger partial charge is 0.245 e. The minimum absolute atomic E-state index is 0.0120. The molecule has 0 radical (unpaired) electrons. The molecule has 2 N–H and O–H groups in total. The Morgan fingerprint density at radius 3 is 2.65 bits per heavy atom. The van der Waals surface area contributed by atoms with Crippen molar-refractivity contribution >= 4 is 11.8 Å². The molecule has 0 spiro atoms. The largest absolute Gasteiger partial charge is 0.508 e. The topological polar surface area (TPSA) is 69.6 Å². The molecule has 0 aromatic heterocycles. The summed E-state index contributed by atoms with van der Waals surface area (Å²) in [5, 5.41) is 12.1. The van der Waals surface area contributed by atoms with Crippen LogP contribution in [0, 0.1) is 5.92 Å². The maximum absolute atomic E-state index is 12.9. The van der Waals surface area contributed by atoms with E-state index in [1.807, 2.05) is 4.90 Å². The third-order valence-electron chi connectivity index (χ3n) is 4.27. The Bertz CT molecular complexity index is 542. The van der Waals surface area contributed by atoms with Gasteiger partial charge >= 0.3 is 0 Å². The lowest BCUT2D eigenvalue weighted by Gasteiger charge is -2.28. The molecular formula is C18H26N2O3. The summed E-state index contributed by atoms with van der Waals surface area (Å²) in [4.78, 5) is 26.2.